The molecule has 1 saturated heterocycles. The van der Waals surface area contributed by atoms with Gasteiger partial charge in [0.2, 0.25) is 5.91 Å². The van der Waals surface area contributed by atoms with Crippen molar-refractivity contribution in [2.45, 2.75) is 83.1 Å². The lowest BCUT2D eigenvalue weighted by molar-refractivity contribution is -0.123. The standard InChI is InChI=1S/C25H42N2O5/c1-19(2)32-22-12-10-20(11-13-22)25(30)23(18-27-15-14-21(28)17-27)26-24(29)9-7-5-4-6-8-16-31-3/h10-13,19,21,23,25,28,30H,4-9,14-18H2,1-3H3,(H,26,29)/t21-,23+,25+/m0/s1. The summed E-state index contributed by atoms with van der Waals surface area (Å²) in [7, 11) is 1.71. The number of nitrogens with zero attached hydrogens (tertiary/aromatic N) is 1. The van der Waals surface area contributed by atoms with Crippen LogP contribution in [-0.4, -0.2) is 72.6 Å². The van der Waals surface area contributed by atoms with Gasteiger partial charge in [0.25, 0.3) is 0 Å². The molecule has 32 heavy (non-hydrogen) atoms. The van der Waals surface area contributed by atoms with Crippen molar-refractivity contribution in [3.63, 3.8) is 0 Å². The monoisotopic (exact) mass is 450 g/mol. The topological polar surface area (TPSA) is 91.3 Å². The van der Waals surface area contributed by atoms with Crippen LogP contribution >= 0.6 is 0 Å². The largest absolute Gasteiger partial charge is 0.491 e. The summed E-state index contributed by atoms with van der Waals surface area (Å²) in [6, 6.07) is 6.95. The maximum absolute atomic E-state index is 12.6. The lowest BCUT2D eigenvalue weighted by Gasteiger charge is -2.29. The molecule has 0 unspecified atom stereocenters. The summed E-state index contributed by atoms with van der Waals surface area (Å²) in [5, 5.41) is 24.0. The third-order valence-electron chi connectivity index (χ3n) is 5.78. The van der Waals surface area contributed by atoms with Crippen LogP contribution in [0.15, 0.2) is 24.3 Å². The second kappa shape index (κ2) is 14.5. The molecule has 0 bridgehead atoms. The van der Waals surface area contributed by atoms with E-state index in [-0.39, 0.29) is 18.1 Å². The predicted octanol–water partition coefficient (Wildman–Crippen LogP) is 3.05. The maximum atomic E-state index is 12.6. The number of aliphatic hydroxyl groups excluding tert-OH is 2. The third-order valence-corrected chi connectivity index (χ3v) is 5.78. The summed E-state index contributed by atoms with van der Waals surface area (Å²) in [6.07, 6.45) is 5.21. The van der Waals surface area contributed by atoms with E-state index in [1.807, 2.05) is 38.1 Å². The summed E-state index contributed by atoms with van der Waals surface area (Å²) in [5.74, 6) is 0.718. The van der Waals surface area contributed by atoms with Gasteiger partial charge < -0.3 is 25.0 Å². The van der Waals surface area contributed by atoms with Crippen molar-refractivity contribution >= 4 is 5.91 Å². The number of hydrogen-bond acceptors (Lipinski definition) is 6. The first kappa shape index (κ1) is 26.6. The van der Waals surface area contributed by atoms with E-state index in [2.05, 4.69) is 10.2 Å². The second-order valence-corrected chi connectivity index (χ2v) is 9.07. The molecule has 7 nitrogen and oxygen atoms in total. The molecule has 1 aliphatic rings. The van der Waals surface area contributed by atoms with Gasteiger partial charge in [-0.25, -0.2) is 0 Å². The minimum absolute atomic E-state index is 0.0366. The van der Waals surface area contributed by atoms with Crippen molar-refractivity contribution < 1.29 is 24.5 Å². The van der Waals surface area contributed by atoms with E-state index >= 15 is 0 Å². The molecule has 3 N–H and O–H groups in total. The average molecular weight is 451 g/mol. The van der Waals surface area contributed by atoms with Crippen molar-refractivity contribution in [1.29, 1.82) is 0 Å². The van der Waals surface area contributed by atoms with Crippen LogP contribution in [0.4, 0.5) is 0 Å². The highest BCUT2D eigenvalue weighted by atomic mass is 16.5. The van der Waals surface area contributed by atoms with Crippen LogP contribution in [0.5, 0.6) is 5.75 Å². The summed E-state index contributed by atoms with van der Waals surface area (Å²) >= 11 is 0. The number of β-amino-alcohol motifs (C(OH)–C–C–N with tert-alkyl or cyclic N) is 1. The second-order valence-electron chi connectivity index (χ2n) is 9.07. The Morgan fingerprint density at radius 1 is 1.16 bits per heavy atom. The molecule has 0 saturated carbocycles. The molecular formula is C25H42N2O5. The molecule has 1 fully saturated rings. The highest BCUT2D eigenvalue weighted by Crippen LogP contribution is 2.23. The molecule has 1 aliphatic heterocycles. The number of aliphatic hydroxyl groups is 2. The van der Waals surface area contributed by atoms with Crippen molar-refractivity contribution in [3.8, 4) is 5.75 Å². The number of rotatable bonds is 15. The number of benzene rings is 1. The van der Waals surface area contributed by atoms with Crippen molar-refractivity contribution in [1.82, 2.24) is 10.2 Å². The maximum Gasteiger partial charge on any atom is 0.220 e. The molecule has 1 heterocycles. The van der Waals surface area contributed by atoms with Crippen LogP contribution < -0.4 is 10.1 Å². The van der Waals surface area contributed by atoms with E-state index in [4.69, 9.17) is 9.47 Å². The van der Waals surface area contributed by atoms with Gasteiger partial charge in [-0.05, 0) is 50.8 Å². The average Bonchev–Trinajstić information content (AvgIpc) is 3.17. The number of methoxy groups -OCH3 is 1. The number of amides is 1. The van der Waals surface area contributed by atoms with Crippen LogP contribution in [0.3, 0.4) is 0 Å². The van der Waals surface area contributed by atoms with Crippen molar-refractivity contribution in [2.75, 3.05) is 33.4 Å². The van der Waals surface area contributed by atoms with Gasteiger partial charge in [0.15, 0.2) is 0 Å². The van der Waals surface area contributed by atoms with Crippen molar-refractivity contribution in [3.05, 3.63) is 29.8 Å². The highest BCUT2D eigenvalue weighted by molar-refractivity contribution is 5.76. The van der Waals surface area contributed by atoms with Gasteiger partial charge in [-0.15, -0.1) is 0 Å². The highest BCUT2D eigenvalue weighted by Gasteiger charge is 2.28. The first-order valence-electron chi connectivity index (χ1n) is 12.0. The van der Waals surface area contributed by atoms with Gasteiger partial charge in [-0.1, -0.05) is 31.4 Å². The zero-order valence-electron chi connectivity index (χ0n) is 20.0. The summed E-state index contributed by atoms with van der Waals surface area (Å²) in [5.41, 5.74) is 0.740. The van der Waals surface area contributed by atoms with Crippen LogP contribution in [0.2, 0.25) is 0 Å². The summed E-state index contributed by atoms with van der Waals surface area (Å²) < 4.78 is 10.7. The Morgan fingerprint density at radius 2 is 1.84 bits per heavy atom. The fourth-order valence-corrected chi connectivity index (χ4v) is 4.07. The first-order chi connectivity index (χ1) is 15.4. The van der Waals surface area contributed by atoms with Gasteiger partial charge in [0, 0.05) is 39.8 Å². The van der Waals surface area contributed by atoms with E-state index in [0.29, 0.717) is 19.5 Å². The Hall–Kier alpha value is -1.67. The van der Waals surface area contributed by atoms with Gasteiger partial charge in [-0.2, -0.15) is 0 Å². The summed E-state index contributed by atoms with van der Waals surface area (Å²) in [6.45, 7) is 6.57. The Labute approximate surface area is 193 Å². The van der Waals surface area contributed by atoms with Crippen LogP contribution in [0.1, 0.15) is 70.5 Å². The number of nitrogens with one attached hydrogen (secondary N) is 1. The van der Waals surface area contributed by atoms with E-state index < -0.39 is 12.1 Å². The number of hydrogen-bond donors (Lipinski definition) is 3. The van der Waals surface area contributed by atoms with E-state index in [0.717, 1.165) is 63.0 Å². The van der Waals surface area contributed by atoms with Gasteiger partial charge in [-0.3, -0.25) is 9.69 Å². The number of carbonyl (C=O) groups excluding carboxylic acids is 1. The summed E-state index contributed by atoms with van der Waals surface area (Å²) in [4.78, 5) is 14.7. The van der Waals surface area contributed by atoms with E-state index in [9.17, 15) is 15.0 Å². The minimum atomic E-state index is -0.834. The van der Waals surface area contributed by atoms with Gasteiger partial charge in [0.05, 0.1) is 18.2 Å². The SMILES string of the molecule is COCCCCCCCC(=O)N[C@H](CN1CC[C@H](O)C1)[C@H](O)c1ccc(OC(C)C)cc1. The lowest BCUT2D eigenvalue weighted by Crippen LogP contribution is -2.47. The zero-order valence-corrected chi connectivity index (χ0v) is 20.0. The van der Waals surface area contributed by atoms with Crippen LogP contribution in [0.25, 0.3) is 0 Å². The molecule has 1 amide bonds. The molecule has 1 aromatic rings. The van der Waals surface area contributed by atoms with E-state index in [1.165, 1.54) is 0 Å². The number of likely N-dealkylation sites (tertiary alicyclic amines) is 1. The Balaban J connectivity index is 1.90. The Bertz CT molecular complexity index is 652. The van der Waals surface area contributed by atoms with Crippen LogP contribution in [0, 0.1) is 0 Å². The number of unbranched alkanes of at least 4 members (excludes halogenated alkanes) is 4. The molecule has 0 spiro atoms. The molecule has 7 heteroatoms. The molecule has 2 rings (SSSR count). The zero-order chi connectivity index (χ0) is 23.3. The Kier molecular flexibility index (Phi) is 12.0. The van der Waals surface area contributed by atoms with Gasteiger partial charge >= 0.3 is 0 Å². The van der Waals surface area contributed by atoms with Crippen LogP contribution in [-0.2, 0) is 9.53 Å². The molecule has 3 atom stereocenters. The minimum Gasteiger partial charge on any atom is -0.491 e. The molecule has 1 aromatic carbocycles. The molecule has 0 aromatic heterocycles. The lowest BCUT2D eigenvalue weighted by atomic mass is 10.0. The fraction of sp³-hybridized carbons (Fsp3) is 0.720. The third kappa shape index (κ3) is 9.86. The van der Waals surface area contributed by atoms with E-state index in [1.54, 1.807) is 7.11 Å². The normalized spacial score (nSPS) is 18.6. The van der Waals surface area contributed by atoms with Gasteiger partial charge in [0.1, 0.15) is 11.9 Å². The smallest absolute Gasteiger partial charge is 0.220 e. The molecule has 182 valence electrons. The number of carbonyl (C=O) groups is 1. The van der Waals surface area contributed by atoms with Crippen molar-refractivity contribution in [2.24, 2.45) is 0 Å². The molecular weight excluding hydrogens is 408 g/mol. The fourth-order valence-electron chi connectivity index (χ4n) is 4.07. The molecule has 0 radical (unpaired) electrons. The molecule has 0 aliphatic carbocycles. The Morgan fingerprint density at radius 3 is 2.47 bits per heavy atom. The quantitative estimate of drug-likeness (QED) is 0.356. The predicted molar refractivity (Wildman–Crippen MR) is 126 cm³/mol. The number of ether oxygens (including phenoxy) is 2. The first-order valence-corrected chi connectivity index (χ1v) is 12.0.